The molecule has 144 valence electrons. The molecule has 0 spiro atoms. The standard InChI is InChI=1S/C19H21FN2O4S/c1-13-3-8-17-16(11-13)22(27(2,24)25)12-18(26-17)19(23)21-10-9-14-4-6-15(20)7-5-14/h3-8,11,18H,9-10,12H2,1-2H3,(H,21,23). The largest absolute Gasteiger partial charge is 0.476 e. The van der Waals surface area contributed by atoms with Crippen LogP contribution in [-0.4, -0.2) is 39.8 Å². The van der Waals surface area contributed by atoms with Crippen LogP contribution in [0.3, 0.4) is 0 Å². The third kappa shape index (κ3) is 4.57. The van der Waals surface area contributed by atoms with Crippen LogP contribution in [0.15, 0.2) is 42.5 Å². The predicted octanol–water partition coefficient (Wildman–Crippen LogP) is 2.02. The fourth-order valence-electron chi connectivity index (χ4n) is 2.91. The number of hydrogen-bond donors (Lipinski definition) is 1. The van der Waals surface area contributed by atoms with Crippen molar-refractivity contribution in [3.63, 3.8) is 0 Å². The Hall–Kier alpha value is -2.61. The van der Waals surface area contributed by atoms with Crippen LogP contribution in [0.5, 0.6) is 5.75 Å². The first-order chi connectivity index (χ1) is 12.7. The number of carbonyl (C=O) groups excluding carboxylic acids is 1. The number of halogens is 1. The van der Waals surface area contributed by atoms with Crippen molar-refractivity contribution in [3.8, 4) is 5.75 Å². The summed E-state index contributed by atoms with van der Waals surface area (Å²) in [6.07, 6.45) is 0.696. The Balaban J connectivity index is 1.68. The Morgan fingerprint density at radius 1 is 1.26 bits per heavy atom. The monoisotopic (exact) mass is 392 g/mol. The van der Waals surface area contributed by atoms with Gasteiger partial charge < -0.3 is 10.1 Å². The molecule has 0 radical (unpaired) electrons. The summed E-state index contributed by atoms with van der Waals surface area (Å²) >= 11 is 0. The number of nitrogens with zero attached hydrogens (tertiary/aromatic N) is 1. The smallest absolute Gasteiger partial charge is 0.263 e. The van der Waals surface area contributed by atoms with E-state index in [-0.39, 0.29) is 12.4 Å². The van der Waals surface area contributed by atoms with E-state index in [0.29, 0.717) is 24.4 Å². The zero-order valence-corrected chi connectivity index (χ0v) is 15.9. The van der Waals surface area contributed by atoms with Crippen molar-refractivity contribution in [2.24, 2.45) is 0 Å². The summed E-state index contributed by atoms with van der Waals surface area (Å²) in [5.41, 5.74) is 2.22. The van der Waals surface area contributed by atoms with E-state index in [9.17, 15) is 17.6 Å². The molecule has 0 saturated heterocycles. The quantitative estimate of drug-likeness (QED) is 0.845. The molecule has 8 heteroatoms. The van der Waals surface area contributed by atoms with E-state index in [2.05, 4.69) is 5.32 Å². The Labute approximate surface area is 158 Å². The van der Waals surface area contributed by atoms with Crippen molar-refractivity contribution in [1.82, 2.24) is 5.32 Å². The van der Waals surface area contributed by atoms with Crippen molar-refractivity contribution in [2.75, 3.05) is 23.7 Å². The zero-order valence-electron chi connectivity index (χ0n) is 15.1. The summed E-state index contributed by atoms with van der Waals surface area (Å²) in [6, 6.07) is 11.2. The summed E-state index contributed by atoms with van der Waals surface area (Å²) < 4.78 is 44.2. The molecule has 6 nitrogen and oxygen atoms in total. The highest BCUT2D eigenvalue weighted by molar-refractivity contribution is 7.92. The van der Waals surface area contributed by atoms with Crippen LogP contribution in [-0.2, 0) is 21.2 Å². The van der Waals surface area contributed by atoms with Crippen molar-refractivity contribution in [1.29, 1.82) is 0 Å². The van der Waals surface area contributed by atoms with Gasteiger partial charge in [0.2, 0.25) is 10.0 Å². The van der Waals surface area contributed by atoms with Gasteiger partial charge in [0.25, 0.3) is 5.91 Å². The number of rotatable bonds is 5. The molecule has 0 fully saturated rings. The summed E-state index contributed by atoms with van der Waals surface area (Å²) in [4.78, 5) is 12.5. The summed E-state index contributed by atoms with van der Waals surface area (Å²) in [5, 5.41) is 2.75. The van der Waals surface area contributed by atoms with Gasteiger partial charge in [-0.05, 0) is 48.7 Å². The normalized spacial score (nSPS) is 16.4. The average molecular weight is 392 g/mol. The van der Waals surface area contributed by atoms with Gasteiger partial charge in [-0.2, -0.15) is 0 Å². The number of ether oxygens (including phenoxy) is 1. The van der Waals surface area contributed by atoms with Crippen LogP contribution in [0.4, 0.5) is 10.1 Å². The minimum Gasteiger partial charge on any atom is -0.476 e. The van der Waals surface area contributed by atoms with E-state index in [1.54, 1.807) is 30.3 Å². The lowest BCUT2D eigenvalue weighted by Crippen LogP contribution is -2.50. The van der Waals surface area contributed by atoms with E-state index in [1.807, 2.05) is 6.92 Å². The van der Waals surface area contributed by atoms with Crippen molar-refractivity contribution in [2.45, 2.75) is 19.4 Å². The summed E-state index contributed by atoms with van der Waals surface area (Å²) in [6.45, 7) is 2.11. The van der Waals surface area contributed by atoms with Crippen LogP contribution < -0.4 is 14.4 Å². The second-order valence-electron chi connectivity index (χ2n) is 6.54. The van der Waals surface area contributed by atoms with E-state index in [0.717, 1.165) is 17.4 Å². The topological polar surface area (TPSA) is 75.7 Å². The maximum Gasteiger partial charge on any atom is 0.263 e. The maximum atomic E-state index is 12.9. The van der Waals surface area contributed by atoms with Crippen molar-refractivity contribution >= 4 is 21.6 Å². The highest BCUT2D eigenvalue weighted by Crippen LogP contribution is 2.35. The fourth-order valence-corrected chi connectivity index (χ4v) is 3.81. The van der Waals surface area contributed by atoms with Crippen LogP contribution in [0.25, 0.3) is 0 Å². The third-order valence-corrected chi connectivity index (χ3v) is 5.45. The number of amides is 1. The Kier molecular flexibility index (Phi) is 5.36. The number of hydrogen-bond acceptors (Lipinski definition) is 4. The number of fused-ring (bicyclic) bond motifs is 1. The number of carbonyl (C=O) groups is 1. The minimum absolute atomic E-state index is 0.0856. The first kappa shape index (κ1) is 19.2. The molecule has 27 heavy (non-hydrogen) atoms. The molecule has 0 aliphatic carbocycles. The average Bonchev–Trinajstić information content (AvgIpc) is 2.61. The molecule has 1 atom stereocenters. The highest BCUT2D eigenvalue weighted by atomic mass is 32.2. The second-order valence-corrected chi connectivity index (χ2v) is 8.45. The lowest BCUT2D eigenvalue weighted by atomic mass is 10.1. The number of nitrogens with one attached hydrogen (secondary N) is 1. The van der Waals surface area contributed by atoms with Gasteiger partial charge in [0, 0.05) is 6.54 Å². The minimum atomic E-state index is -3.55. The Bertz CT molecular complexity index is 945. The van der Waals surface area contributed by atoms with E-state index in [1.165, 1.54) is 16.4 Å². The first-order valence-electron chi connectivity index (χ1n) is 8.51. The molecule has 1 amide bonds. The fraction of sp³-hybridized carbons (Fsp3) is 0.316. The van der Waals surface area contributed by atoms with E-state index in [4.69, 9.17) is 4.74 Å². The first-order valence-corrected chi connectivity index (χ1v) is 10.4. The number of aryl methyl sites for hydroxylation is 1. The molecule has 0 bridgehead atoms. The molecule has 1 aliphatic heterocycles. The number of benzene rings is 2. The van der Waals surface area contributed by atoms with E-state index < -0.39 is 22.0 Å². The predicted molar refractivity (Wildman–Crippen MR) is 101 cm³/mol. The zero-order chi connectivity index (χ0) is 19.6. The van der Waals surface area contributed by atoms with Crippen molar-refractivity contribution in [3.05, 3.63) is 59.4 Å². The second kappa shape index (κ2) is 7.56. The van der Waals surface area contributed by atoms with Crippen LogP contribution in [0.2, 0.25) is 0 Å². The molecule has 2 aromatic rings. The molecular formula is C19H21FN2O4S. The molecule has 1 aliphatic rings. The van der Waals surface area contributed by atoms with Crippen LogP contribution >= 0.6 is 0 Å². The van der Waals surface area contributed by atoms with Gasteiger partial charge in [-0.3, -0.25) is 9.10 Å². The molecule has 0 saturated carbocycles. The van der Waals surface area contributed by atoms with Crippen LogP contribution in [0.1, 0.15) is 11.1 Å². The Morgan fingerprint density at radius 3 is 2.63 bits per heavy atom. The van der Waals surface area contributed by atoms with Gasteiger partial charge in [0.1, 0.15) is 11.6 Å². The van der Waals surface area contributed by atoms with Crippen molar-refractivity contribution < 1.29 is 22.3 Å². The Morgan fingerprint density at radius 2 is 1.96 bits per heavy atom. The van der Waals surface area contributed by atoms with Gasteiger partial charge in [0.15, 0.2) is 6.10 Å². The van der Waals surface area contributed by atoms with Gasteiger partial charge in [-0.1, -0.05) is 18.2 Å². The maximum absolute atomic E-state index is 12.9. The molecule has 1 unspecified atom stereocenters. The van der Waals surface area contributed by atoms with Gasteiger partial charge in [-0.25, -0.2) is 12.8 Å². The van der Waals surface area contributed by atoms with E-state index >= 15 is 0 Å². The SMILES string of the molecule is Cc1ccc2c(c1)N(S(C)(=O)=O)CC(C(=O)NCCc1ccc(F)cc1)O2. The van der Waals surface area contributed by atoms with Gasteiger partial charge in [0.05, 0.1) is 18.5 Å². The molecule has 2 aromatic carbocycles. The molecule has 0 aromatic heterocycles. The number of sulfonamides is 1. The lowest BCUT2D eigenvalue weighted by molar-refractivity contribution is -0.127. The molecule has 3 rings (SSSR count). The van der Waals surface area contributed by atoms with Crippen LogP contribution in [0, 0.1) is 12.7 Å². The molecule has 1 heterocycles. The lowest BCUT2D eigenvalue weighted by Gasteiger charge is -2.34. The van der Waals surface area contributed by atoms with Gasteiger partial charge >= 0.3 is 0 Å². The molecule has 1 N–H and O–H groups in total. The number of anilines is 1. The highest BCUT2D eigenvalue weighted by Gasteiger charge is 2.34. The molecular weight excluding hydrogens is 371 g/mol. The van der Waals surface area contributed by atoms with Gasteiger partial charge in [-0.15, -0.1) is 0 Å². The summed E-state index contributed by atoms with van der Waals surface area (Å²) in [5.74, 6) is -0.346. The summed E-state index contributed by atoms with van der Waals surface area (Å²) in [7, 11) is -3.55. The third-order valence-electron chi connectivity index (χ3n) is 4.30.